The van der Waals surface area contributed by atoms with Crippen LogP contribution in [0.3, 0.4) is 0 Å². The van der Waals surface area contributed by atoms with Crippen molar-refractivity contribution in [3.05, 3.63) is 35.9 Å². The second-order valence-electron chi connectivity index (χ2n) is 8.65. The van der Waals surface area contributed by atoms with Crippen molar-refractivity contribution in [1.29, 1.82) is 0 Å². The van der Waals surface area contributed by atoms with Gasteiger partial charge in [0.2, 0.25) is 0 Å². The van der Waals surface area contributed by atoms with E-state index in [1.54, 1.807) is 0 Å². The van der Waals surface area contributed by atoms with E-state index < -0.39 is 0 Å². The van der Waals surface area contributed by atoms with Gasteiger partial charge in [-0.15, -0.1) is 0 Å². The molecule has 1 aliphatic heterocycles. The van der Waals surface area contributed by atoms with E-state index in [2.05, 4.69) is 69.5 Å². The molecule has 0 aliphatic carbocycles. The van der Waals surface area contributed by atoms with Crippen molar-refractivity contribution in [3.63, 3.8) is 0 Å². The number of ether oxygens (including phenoxy) is 1. The molecule has 3 N–H and O–H groups in total. The highest BCUT2D eigenvalue weighted by Gasteiger charge is 2.19. The maximum Gasteiger partial charge on any atom is 0.287 e. The normalized spacial score (nSPS) is 14.7. The van der Waals surface area contributed by atoms with E-state index in [-0.39, 0.29) is 11.7 Å². The van der Waals surface area contributed by atoms with E-state index in [1.807, 2.05) is 0 Å². The first kappa shape index (κ1) is 21.3. The van der Waals surface area contributed by atoms with Crippen LogP contribution < -0.4 is 16.1 Å². The summed E-state index contributed by atoms with van der Waals surface area (Å²) >= 11 is 0. The van der Waals surface area contributed by atoms with Crippen LogP contribution in [0.2, 0.25) is 5.82 Å². The van der Waals surface area contributed by atoms with Gasteiger partial charge < -0.3 is 20.4 Å². The number of anilines is 2. The van der Waals surface area contributed by atoms with Crippen LogP contribution in [0.1, 0.15) is 42.9 Å². The fourth-order valence-electron chi connectivity index (χ4n) is 3.88. The fraction of sp³-hybridized carbons (Fsp3) is 0.455. The van der Waals surface area contributed by atoms with E-state index in [0.29, 0.717) is 35.3 Å². The molecule has 9 heteroatoms. The predicted molar refractivity (Wildman–Crippen MR) is 124 cm³/mol. The molecule has 8 nitrogen and oxygen atoms in total. The third-order valence-electron chi connectivity index (χ3n) is 5.53. The molecule has 1 saturated heterocycles. The number of H-pyrrole nitrogens is 1. The maximum atomic E-state index is 12.6. The quantitative estimate of drug-likeness (QED) is 0.508. The van der Waals surface area contributed by atoms with Crippen molar-refractivity contribution in [2.75, 3.05) is 25.1 Å². The second-order valence-corrected chi connectivity index (χ2v) is 8.65. The Bertz CT molecular complexity index is 1060. The van der Waals surface area contributed by atoms with Crippen LogP contribution >= 0.6 is 0 Å². The minimum atomic E-state index is -0.230. The third-order valence-corrected chi connectivity index (χ3v) is 5.53. The molecule has 0 spiro atoms. The van der Waals surface area contributed by atoms with Crippen molar-refractivity contribution >= 4 is 41.3 Å². The largest absolute Gasteiger partial charge is 0.381 e. The minimum absolute atomic E-state index is 0.230. The lowest BCUT2D eigenvalue weighted by molar-refractivity contribution is 0.0641. The SMILES string of the molecule is Cc1ccc(Nc2ncnc3[nH]c(C(=O)NCC4CCOCC4)nc23)c(BC(C)C)c1. The van der Waals surface area contributed by atoms with Gasteiger partial charge >= 0.3 is 0 Å². The van der Waals surface area contributed by atoms with Crippen LogP contribution in [0.15, 0.2) is 24.5 Å². The topological polar surface area (TPSA) is 105 Å². The van der Waals surface area contributed by atoms with Gasteiger partial charge in [0.1, 0.15) is 6.33 Å². The summed E-state index contributed by atoms with van der Waals surface area (Å²) in [6.07, 6.45) is 3.41. The van der Waals surface area contributed by atoms with Crippen molar-refractivity contribution in [1.82, 2.24) is 25.3 Å². The fourth-order valence-corrected chi connectivity index (χ4v) is 3.88. The van der Waals surface area contributed by atoms with Gasteiger partial charge in [0.05, 0.1) is 0 Å². The highest BCUT2D eigenvalue weighted by molar-refractivity contribution is 6.57. The summed E-state index contributed by atoms with van der Waals surface area (Å²) in [5.74, 6) is 1.57. The number of nitrogens with one attached hydrogen (secondary N) is 3. The summed E-state index contributed by atoms with van der Waals surface area (Å²) in [5, 5.41) is 6.38. The number of benzene rings is 1. The molecule has 1 fully saturated rings. The Kier molecular flexibility index (Phi) is 6.51. The molecule has 1 aliphatic rings. The molecule has 1 aromatic carbocycles. The molecule has 31 heavy (non-hydrogen) atoms. The average Bonchev–Trinajstić information content (AvgIpc) is 3.20. The number of hydrogen-bond donors (Lipinski definition) is 3. The average molecular weight is 420 g/mol. The lowest BCUT2D eigenvalue weighted by Crippen LogP contribution is -2.32. The molecular formula is C22H29BN6O2. The zero-order valence-corrected chi connectivity index (χ0v) is 18.4. The monoisotopic (exact) mass is 420 g/mol. The molecule has 162 valence electrons. The smallest absolute Gasteiger partial charge is 0.287 e. The molecule has 0 radical (unpaired) electrons. The number of carbonyl (C=O) groups is 1. The molecule has 0 saturated carbocycles. The van der Waals surface area contributed by atoms with Crippen LogP contribution in [0, 0.1) is 12.8 Å². The number of imidazole rings is 1. The van der Waals surface area contributed by atoms with Gasteiger partial charge in [0, 0.05) is 25.4 Å². The van der Waals surface area contributed by atoms with E-state index in [0.717, 1.165) is 39.0 Å². The summed E-state index contributed by atoms with van der Waals surface area (Å²) in [4.78, 5) is 28.8. The lowest BCUT2D eigenvalue weighted by Gasteiger charge is -2.21. The summed E-state index contributed by atoms with van der Waals surface area (Å²) in [6, 6.07) is 6.33. The van der Waals surface area contributed by atoms with Gasteiger partial charge in [-0.05, 0) is 31.7 Å². The van der Waals surface area contributed by atoms with Crippen molar-refractivity contribution in [3.8, 4) is 0 Å². The molecule has 2 aromatic heterocycles. The Balaban J connectivity index is 1.53. The zero-order chi connectivity index (χ0) is 21.8. The highest BCUT2D eigenvalue weighted by atomic mass is 16.5. The van der Waals surface area contributed by atoms with Gasteiger partial charge in [-0.25, -0.2) is 15.0 Å². The number of hydrogen-bond acceptors (Lipinski definition) is 6. The van der Waals surface area contributed by atoms with Gasteiger partial charge in [-0.2, -0.15) is 0 Å². The highest BCUT2D eigenvalue weighted by Crippen LogP contribution is 2.21. The maximum absolute atomic E-state index is 12.6. The van der Waals surface area contributed by atoms with E-state index in [4.69, 9.17) is 4.74 Å². The Morgan fingerprint density at radius 3 is 2.87 bits per heavy atom. The number of amides is 1. The number of aromatic amines is 1. The molecule has 0 atom stereocenters. The first-order chi connectivity index (χ1) is 15.0. The Morgan fingerprint density at radius 2 is 2.10 bits per heavy atom. The Hall–Kier alpha value is -2.94. The summed E-state index contributed by atoms with van der Waals surface area (Å²) < 4.78 is 5.38. The summed E-state index contributed by atoms with van der Waals surface area (Å²) in [6.45, 7) is 8.64. The first-order valence-corrected chi connectivity index (χ1v) is 10.9. The molecule has 0 bridgehead atoms. The predicted octanol–water partition coefficient (Wildman–Crippen LogP) is 2.45. The van der Waals surface area contributed by atoms with Gasteiger partial charge in [-0.3, -0.25) is 4.79 Å². The van der Waals surface area contributed by atoms with E-state index >= 15 is 0 Å². The molecule has 3 aromatic rings. The summed E-state index contributed by atoms with van der Waals surface area (Å²) in [5.41, 5.74) is 4.53. The van der Waals surface area contributed by atoms with E-state index in [1.165, 1.54) is 17.4 Å². The van der Waals surface area contributed by atoms with Crippen molar-refractivity contribution < 1.29 is 9.53 Å². The number of nitrogens with zero attached hydrogens (tertiary/aromatic N) is 3. The zero-order valence-electron chi connectivity index (χ0n) is 18.4. The van der Waals surface area contributed by atoms with Gasteiger partial charge in [0.15, 0.2) is 30.1 Å². The number of aryl methyl sites for hydroxylation is 1. The number of aromatic nitrogens is 4. The lowest BCUT2D eigenvalue weighted by atomic mass is 9.60. The van der Waals surface area contributed by atoms with Crippen molar-refractivity contribution in [2.45, 2.75) is 39.4 Å². The van der Waals surface area contributed by atoms with Crippen LogP contribution in [0.4, 0.5) is 11.5 Å². The third kappa shape index (κ3) is 5.22. The first-order valence-electron chi connectivity index (χ1n) is 10.9. The molecular weight excluding hydrogens is 391 g/mol. The molecule has 3 heterocycles. The van der Waals surface area contributed by atoms with Crippen LogP contribution in [0.5, 0.6) is 0 Å². The van der Waals surface area contributed by atoms with Gasteiger partial charge in [-0.1, -0.05) is 42.8 Å². The standard InChI is InChI=1S/C22H29BN6O2/c1-13(2)23-16-10-14(3)4-5-17(16)27-19-18-20(26-12-25-19)29-21(28-18)22(30)24-11-15-6-8-31-9-7-15/h4-5,10,12-13,15,23H,6-9,11H2,1-3H3,(H,24,30)(H2,25,26,27,28,29). The number of carbonyl (C=O) groups excluding carboxylic acids is 1. The van der Waals surface area contributed by atoms with Crippen LogP contribution in [-0.4, -0.2) is 52.9 Å². The summed E-state index contributed by atoms with van der Waals surface area (Å²) in [7, 11) is 0.957. The number of fused-ring (bicyclic) bond motifs is 1. The second kappa shape index (κ2) is 9.47. The van der Waals surface area contributed by atoms with E-state index in [9.17, 15) is 4.79 Å². The molecule has 1 amide bonds. The Morgan fingerprint density at radius 1 is 1.29 bits per heavy atom. The van der Waals surface area contributed by atoms with Gasteiger partial charge in [0.25, 0.3) is 5.91 Å². The van der Waals surface area contributed by atoms with Crippen molar-refractivity contribution in [2.24, 2.45) is 5.92 Å². The minimum Gasteiger partial charge on any atom is -0.381 e. The Labute approximate surface area is 182 Å². The molecule has 0 unspecified atom stereocenters. The molecule has 4 rings (SSSR count). The number of rotatable bonds is 7. The van der Waals surface area contributed by atoms with Crippen LogP contribution in [0.25, 0.3) is 11.2 Å². The van der Waals surface area contributed by atoms with Crippen LogP contribution in [-0.2, 0) is 4.74 Å².